The van der Waals surface area contributed by atoms with Crippen molar-refractivity contribution in [1.82, 2.24) is 0 Å². The van der Waals surface area contributed by atoms with Crippen molar-refractivity contribution in [1.29, 1.82) is 0 Å². The zero-order chi connectivity index (χ0) is 13.6. The van der Waals surface area contributed by atoms with E-state index in [-0.39, 0.29) is 6.42 Å². The van der Waals surface area contributed by atoms with E-state index >= 15 is 0 Å². The highest BCUT2D eigenvalue weighted by atomic mass is 19.1. The highest BCUT2D eigenvalue weighted by Crippen LogP contribution is 2.50. The first-order chi connectivity index (χ1) is 9.06. The topological polar surface area (TPSA) is 0 Å². The van der Waals surface area contributed by atoms with Gasteiger partial charge in [0.1, 0.15) is 12.3 Å². The summed E-state index contributed by atoms with van der Waals surface area (Å²) in [6, 6.07) is 0. The zero-order valence-corrected chi connectivity index (χ0v) is 11.9. The molecule has 3 aliphatic carbocycles. The summed E-state index contributed by atoms with van der Waals surface area (Å²) in [5, 5.41) is 0. The van der Waals surface area contributed by atoms with Gasteiger partial charge in [0.05, 0.1) is 0 Å². The quantitative estimate of drug-likeness (QED) is 0.616. The van der Waals surface area contributed by atoms with Gasteiger partial charge in [-0.05, 0) is 61.9 Å². The van der Waals surface area contributed by atoms with Crippen LogP contribution in [0.1, 0.15) is 46.0 Å². The Morgan fingerprint density at radius 3 is 2.53 bits per heavy atom. The van der Waals surface area contributed by atoms with Gasteiger partial charge in [-0.2, -0.15) is 0 Å². The molecule has 0 bridgehead atoms. The summed E-state index contributed by atoms with van der Waals surface area (Å²) in [6.07, 6.45) is 6.37. The summed E-state index contributed by atoms with van der Waals surface area (Å²) in [5.74, 6) is 2.13. The summed E-state index contributed by atoms with van der Waals surface area (Å²) in [5.41, 5.74) is 2.38. The van der Waals surface area contributed by atoms with Crippen LogP contribution in [0.3, 0.4) is 0 Å². The summed E-state index contributed by atoms with van der Waals surface area (Å²) >= 11 is 0. The molecule has 0 spiro atoms. The summed E-state index contributed by atoms with van der Waals surface area (Å²) in [6.45, 7) is 4.44. The van der Waals surface area contributed by atoms with Crippen LogP contribution in [0.25, 0.3) is 0 Å². The third-order valence-electron chi connectivity index (χ3n) is 5.33. The maximum Gasteiger partial charge on any atom is 0.124 e. The van der Waals surface area contributed by atoms with Gasteiger partial charge in [-0.1, -0.05) is 24.6 Å². The Morgan fingerprint density at radius 2 is 1.89 bits per heavy atom. The van der Waals surface area contributed by atoms with Crippen molar-refractivity contribution in [2.24, 2.45) is 23.7 Å². The second-order valence-corrected chi connectivity index (χ2v) is 6.81. The SMILES string of the molecule is CC1=C[C@H](C2CC2)C(C2=CC[C@H](F)C[C@@H]2F)C[C@@H]1C. The first kappa shape index (κ1) is 13.3. The number of allylic oxidation sites excluding steroid dienone is 4. The minimum atomic E-state index is -1.05. The van der Waals surface area contributed by atoms with Gasteiger partial charge in [0.15, 0.2) is 0 Å². The van der Waals surface area contributed by atoms with E-state index in [2.05, 4.69) is 19.9 Å². The molecule has 2 heteroatoms. The van der Waals surface area contributed by atoms with Crippen LogP contribution in [-0.2, 0) is 0 Å². The molecule has 0 nitrogen and oxygen atoms in total. The largest absolute Gasteiger partial charge is 0.247 e. The third-order valence-corrected chi connectivity index (χ3v) is 5.33. The van der Waals surface area contributed by atoms with Crippen molar-refractivity contribution in [3.05, 3.63) is 23.3 Å². The first-order valence-corrected chi connectivity index (χ1v) is 7.72. The Labute approximate surface area is 115 Å². The molecule has 1 unspecified atom stereocenters. The second-order valence-electron chi connectivity index (χ2n) is 6.81. The van der Waals surface area contributed by atoms with Crippen molar-refractivity contribution in [3.8, 4) is 0 Å². The van der Waals surface area contributed by atoms with Crippen molar-refractivity contribution in [2.75, 3.05) is 0 Å². The smallest absolute Gasteiger partial charge is 0.124 e. The molecule has 0 aromatic rings. The molecule has 106 valence electrons. The van der Waals surface area contributed by atoms with E-state index in [4.69, 9.17) is 0 Å². The Kier molecular flexibility index (Phi) is 3.53. The van der Waals surface area contributed by atoms with Crippen LogP contribution < -0.4 is 0 Å². The molecule has 0 aromatic carbocycles. The van der Waals surface area contributed by atoms with Crippen molar-refractivity contribution >= 4 is 0 Å². The first-order valence-electron chi connectivity index (χ1n) is 7.72. The van der Waals surface area contributed by atoms with Crippen LogP contribution in [0.2, 0.25) is 0 Å². The number of halogens is 2. The maximum absolute atomic E-state index is 14.2. The Balaban J connectivity index is 1.85. The van der Waals surface area contributed by atoms with Gasteiger partial charge in [-0.3, -0.25) is 0 Å². The molecule has 19 heavy (non-hydrogen) atoms. The molecular formula is C17H24F2. The number of alkyl halides is 2. The fourth-order valence-electron chi connectivity index (χ4n) is 3.84. The highest BCUT2D eigenvalue weighted by molar-refractivity contribution is 5.25. The fraction of sp³-hybridized carbons (Fsp3) is 0.765. The molecule has 0 N–H and O–H groups in total. The molecule has 0 heterocycles. The van der Waals surface area contributed by atoms with E-state index in [1.807, 2.05) is 6.08 Å². The van der Waals surface area contributed by atoms with Gasteiger partial charge in [-0.15, -0.1) is 0 Å². The van der Waals surface area contributed by atoms with Gasteiger partial charge in [-0.25, -0.2) is 8.78 Å². The van der Waals surface area contributed by atoms with E-state index in [1.54, 1.807) is 0 Å². The predicted molar refractivity (Wildman–Crippen MR) is 74.4 cm³/mol. The monoisotopic (exact) mass is 266 g/mol. The van der Waals surface area contributed by atoms with E-state index in [0.29, 0.717) is 24.2 Å². The molecule has 1 saturated carbocycles. The lowest BCUT2D eigenvalue weighted by Crippen LogP contribution is -2.31. The van der Waals surface area contributed by atoms with Crippen molar-refractivity contribution < 1.29 is 8.78 Å². The van der Waals surface area contributed by atoms with Crippen molar-refractivity contribution in [2.45, 2.75) is 58.3 Å². The lowest BCUT2D eigenvalue weighted by atomic mass is 9.68. The van der Waals surface area contributed by atoms with Crippen LogP contribution >= 0.6 is 0 Å². The molecule has 0 aliphatic heterocycles. The maximum atomic E-state index is 14.2. The van der Waals surface area contributed by atoms with E-state index in [9.17, 15) is 8.78 Å². The molecule has 5 atom stereocenters. The van der Waals surface area contributed by atoms with Crippen LogP contribution in [0.5, 0.6) is 0 Å². The molecule has 0 saturated heterocycles. The lowest BCUT2D eigenvalue weighted by Gasteiger charge is -2.37. The molecule has 1 fully saturated rings. The van der Waals surface area contributed by atoms with Crippen LogP contribution in [0, 0.1) is 23.7 Å². The zero-order valence-electron chi connectivity index (χ0n) is 11.9. The van der Waals surface area contributed by atoms with Crippen LogP contribution in [0.15, 0.2) is 23.3 Å². The molecule has 3 rings (SSSR count). The average Bonchev–Trinajstić information content (AvgIpc) is 3.16. The average molecular weight is 266 g/mol. The van der Waals surface area contributed by atoms with Gasteiger partial charge >= 0.3 is 0 Å². The fourth-order valence-corrected chi connectivity index (χ4v) is 3.84. The van der Waals surface area contributed by atoms with E-state index < -0.39 is 12.3 Å². The van der Waals surface area contributed by atoms with Crippen LogP contribution in [-0.4, -0.2) is 12.3 Å². The summed E-state index contributed by atoms with van der Waals surface area (Å²) < 4.78 is 27.5. The van der Waals surface area contributed by atoms with Gasteiger partial charge in [0.25, 0.3) is 0 Å². The lowest BCUT2D eigenvalue weighted by molar-refractivity contribution is 0.197. The Morgan fingerprint density at radius 1 is 1.16 bits per heavy atom. The Hall–Kier alpha value is -0.660. The number of rotatable bonds is 2. The van der Waals surface area contributed by atoms with Gasteiger partial charge in [0.2, 0.25) is 0 Å². The third kappa shape index (κ3) is 2.64. The Bertz CT molecular complexity index is 405. The molecule has 0 aromatic heterocycles. The molecule has 0 amide bonds. The molecule has 3 aliphatic rings. The number of hydrogen-bond donors (Lipinski definition) is 0. The number of hydrogen-bond acceptors (Lipinski definition) is 0. The normalized spacial score (nSPS) is 43.7. The molecular weight excluding hydrogens is 242 g/mol. The highest BCUT2D eigenvalue weighted by Gasteiger charge is 2.42. The van der Waals surface area contributed by atoms with Crippen LogP contribution in [0.4, 0.5) is 8.78 Å². The minimum Gasteiger partial charge on any atom is -0.247 e. The van der Waals surface area contributed by atoms with Crippen molar-refractivity contribution in [3.63, 3.8) is 0 Å². The summed E-state index contributed by atoms with van der Waals surface area (Å²) in [7, 11) is 0. The van der Waals surface area contributed by atoms with E-state index in [0.717, 1.165) is 17.9 Å². The standard InChI is InChI=1S/C17H24F2/c1-10-7-15(12-3-4-12)16(8-11(10)2)14-6-5-13(18)9-17(14)19/h6-7,11-13,15-17H,3-5,8-9H2,1-2H3/t11-,13-,15+,16?,17-/m0/s1. The molecule has 0 radical (unpaired) electrons. The van der Waals surface area contributed by atoms with Gasteiger partial charge in [0, 0.05) is 6.42 Å². The minimum absolute atomic E-state index is 0.0802. The summed E-state index contributed by atoms with van der Waals surface area (Å²) in [4.78, 5) is 0. The van der Waals surface area contributed by atoms with E-state index in [1.165, 1.54) is 18.4 Å². The second kappa shape index (κ2) is 5.03. The van der Waals surface area contributed by atoms with Gasteiger partial charge < -0.3 is 0 Å². The predicted octanol–water partition coefficient (Wildman–Crippen LogP) is 5.01.